The molecule has 18 heavy (non-hydrogen) atoms. The first kappa shape index (κ1) is 12.4. The van der Waals surface area contributed by atoms with Crippen molar-refractivity contribution in [1.82, 2.24) is 5.32 Å². The molecule has 0 aromatic heterocycles. The van der Waals surface area contributed by atoms with Crippen LogP contribution in [-0.2, 0) is 0 Å². The summed E-state index contributed by atoms with van der Waals surface area (Å²) in [4.78, 5) is 2.50. The van der Waals surface area contributed by atoms with Gasteiger partial charge in [0.1, 0.15) is 5.82 Å². The molecule has 2 heterocycles. The Labute approximate surface area is 116 Å². The molecule has 98 valence electrons. The quantitative estimate of drug-likeness (QED) is 0.901. The van der Waals surface area contributed by atoms with Crippen LogP contribution in [0.3, 0.4) is 0 Å². The Balaban J connectivity index is 1.89. The molecule has 2 saturated heterocycles. The normalized spacial score (nSPS) is 30.8. The van der Waals surface area contributed by atoms with Crippen LogP contribution in [0.4, 0.5) is 10.1 Å². The predicted octanol–water partition coefficient (Wildman–Crippen LogP) is 3.31. The number of nitrogens with zero attached hydrogens (tertiary/aromatic N) is 1. The zero-order valence-electron chi connectivity index (χ0n) is 10.5. The van der Waals surface area contributed by atoms with Gasteiger partial charge in [-0.2, -0.15) is 0 Å². The molecule has 0 saturated carbocycles. The fraction of sp³-hybridized carbons (Fsp3) is 0.571. The minimum Gasteiger partial charge on any atom is -0.365 e. The summed E-state index contributed by atoms with van der Waals surface area (Å²) in [6.45, 7) is 0. The van der Waals surface area contributed by atoms with Crippen molar-refractivity contribution >= 4 is 21.6 Å². The van der Waals surface area contributed by atoms with Gasteiger partial charge in [-0.3, -0.25) is 0 Å². The van der Waals surface area contributed by atoms with E-state index in [2.05, 4.69) is 26.1 Å². The number of hydrogen-bond donors (Lipinski definition) is 1. The first-order valence-electron chi connectivity index (χ1n) is 6.59. The second kappa shape index (κ2) is 4.82. The third kappa shape index (κ3) is 2.05. The lowest BCUT2D eigenvalue weighted by atomic mass is 9.97. The molecule has 2 fully saturated rings. The van der Waals surface area contributed by atoms with Crippen LogP contribution in [0.15, 0.2) is 22.7 Å². The van der Waals surface area contributed by atoms with Gasteiger partial charge in [0, 0.05) is 22.6 Å². The fourth-order valence-electron chi connectivity index (χ4n) is 3.50. The number of fused-ring (bicyclic) bond motifs is 2. The Morgan fingerprint density at radius 2 is 1.94 bits per heavy atom. The van der Waals surface area contributed by atoms with E-state index >= 15 is 0 Å². The topological polar surface area (TPSA) is 15.3 Å². The van der Waals surface area contributed by atoms with Crippen LogP contribution in [-0.4, -0.2) is 25.2 Å². The molecule has 0 spiro atoms. The molecule has 4 heteroatoms. The lowest BCUT2D eigenvalue weighted by molar-refractivity contribution is 0.373. The molecule has 2 unspecified atom stereocenters. The fourth-order valence-corrected chi connectivity index (χ4v) is 4.05. The van der Waals surface area contributed by atoms with Gasteiger partial charge >= 0.3 is 0 Å². The Kier molecular flexibility index (Phi) is 3.32. The van der Waals surface area contributed by atoms with E-state index in [0.29, 0.717) is 18.1 Å². The highest BCUT2D eigenvalue weighted by Crippen LogP contribution is 2.42. The summed E-state index contributed by atoms with van der Waals surface area (Å²) in [7, 11) is 2.05. The van der Waals surface area contributed by atoms with Crippen LogP contribution >= 0.6 is 15.9 Å². The standard InChI is InChI=1S/C14H18BrFN2/c1-17-10-7-11-3-4-12(8-10)18(11)14-5-2-9(16)6-13(14)15/h2,5-6,10-12,17H,3-4,7-8H2,1H3. The molecule has 2 aliphatic rings. The van der Waals surface area contributed by atoms with Crippen LogP contribution in [0.25, 0.3) is 0 Å². The third-order valence-corrected chi connectivity index (χ3v) is 4.96. The molecule has 1 N–H and O–H groups in total. The van der Waals surface area contributed by atoms with Crippen molar-refractivity contribution in [2.75, 3.05) is 11.9 Å². The van der Waals surface area contributed by atoms with E-state index in [0.717, 1.165) is 10.2 Å². The summed E-state index contributed by atoms with van der Waals surface area (Å²) >= 11 is 3.50. The van der Waals surface area contributed by atoms with Crippen molar-refractivity contribution in [2.24, 2.45) is 0 Å². The van der Waals surface area contributed by atoms with Gasteiger partial charge in [0.15, 0.2) is 0 Å². The van der Waals surface area contributed by atoms with Crippen molar-refractivity contribution in [3.63, 3.8) is 0 Å². The Bertz CT molecular complexity index is 437. The molecule has 2 bridgehead atoms. The number of anilines is 1. The van der Waals surface area contributed by atoms with Crippen molar-refractivity contribution in [3.8, 4) is 0 Å². The van der Waals surface area contributed by atoms with E-state index in [1.165, 1.54) is 25.7 Å². The summed E-state index contributed by atoms with van der Waals surface area (Å²) in [6.07, 6.45) is 4.90. The number of hydrogen-bond acceptors (Lipinski definition) is 2. The molecule has 0 radical (unpaired) electrons. The Morgan fingerprint density at radius 3 is 2.50 bits per heavy atom. The first-order valence-corrected chi connectivity index (χ1v) is 7.39. The Morgan fingerprint density at radius 1 is 1.28 bits per heavy atom. The molecule has 0 aliphatic carbocycles. The second-order valence-corrected chi connectivity index (χ2v) is 6.20. The monoisotopic (exact) mass is 312 g/mol. The minimum absolute atomic E-state index is 0.178. The van der Waals surface area contributed by atoms with E-state index in [9.17, 15) is 4.39 Å². The van der Waals surface area contributed by atoms with Gasteiger partial charge in [-0.05, 0) is 66.9 Å². The van der Waals surface area contributed by atoms with E-state index in [4.69, 9.17) is 0 Å². The van der Waals surface area contributed by atoms with E-state index in [1.807, 2.05) is 13.1 Å². The van der Waals surface area contributed by atoms with Gasteiger partial charge in [-0.1, -0.05) is 0 Å². The first-order chi connectivity index (χ1) is 8.69. The molecule has 2 nitrogen and oxygen atoms in total. The summed E-state index contributed by atoms with van der Waals surface area (Å²) in [5, 5.41) is 3.40. The number of piperidine rings is 1. The largest absolute Gasteiger partial charge is 0.365 e. The molecule has 3 rings (SSSR count). The average molecular weight is 313 g/mol. The summed E-state index contributed by atoms with van der Waals surface area (Å²) in [5.74, 6) is -0.178. The SMILES string of the molecule is CNC1CC2CCC(C1)N2c1ccc(F)cc1Br. The highest BCUT2D eigenvalue weighted by Gasteiger charge is 2.40. The van der Waals surface area contributed by atoms with E-state index < -0.39 is 0 Å². The minimum atomic E-state index is -0.178. The molecule has 2 atom stereocenters. The third-order valence-electron chi connectivity index (χ3n) is 4.33. The van der Waals surface area contributed by atoms with Gasteiger partial charge in [-0.15, -0.1) is 0 Å². The van der Waals surface area contributed by atoms with Gasteiger partial charge < -0.3 is 10.2 Å². The van der Waals surface area contributed by atoms with Gasteiger partial charge in [0.2, 0.25) is 0 Å². The number of halogens is 2. The maximum absolute atomic E-state index is 13.2. The summed E-state index contributed by atoms with van der Waals surface area (Å²) in [6, 6.07) is 6.87. The number of nitrogens with one attached hydrogen (secondary N) is 1. The molecular weight excluding hydrogens is 295 g/mol. The Hall–Kier alpha value is -0.610. The van der Waals surface area contributed by atoms with Crippen LogP contribution in [0.2, 0.25) is 0 Å². The lowest BCUT2D eigenvalue weighted by Crippen LogP contribution is -2.48. The lowest BCUT2D eigenvalue weighted by Gasteiger charge is -2.41. The number of benzene rings is 1. The molecule has 1 aromatic carbocycles. The molecule has 1 aromatic rings. The average Bonchev–Trinajstić information content (AvgIpc) is 2.60. The second-order valence-electron chi connectivity index (χ2n) is 5.35. The zero-order valence-corrected chi connectivity index (χ0v) is 12.1. The summed E-state index contributed by atoms with van der Waals surface area (Å²) in [5.41, 5.74) is 1.15. The maximum atomic E-state index is 13.2. The maximum Gasteiger partial charge on any atom is 0.124 e. The predicted molar refractivity (Wildman–Crippen MR) is 75.5 cm³/mol. The van der Waals surface area contributed by atoms with Crippen LogP contribution < -0.4 is 10.2 Å². The van der Waals surface area contributed by atoms with Crippen LogP contribution in [0, 0.1) is 5.82 Å². The smallest absolute Gasteiger partial charge is 0.124 e. The highest BCUT2D eigenvalue weighted by molar-refractivity contribution is 9.10. The van der Waals surface area contributed by atoms with Crippen molar-refractivity contribution in [3.05, 3.63) is 28.5 Å². The number of rotatable bonds is 2. The van der Waals surface area contributed by atoms with E-state index in [-0.39, 0.29) is 5.82 Å². The molecule has 2 aliphatic heterocycles. The van der Waals surface area contributed by atoms with Crippen molar-refractivity contribution in [2.45, 2.75) is 43.8 Å². The zero-order chi connectivity index (χ0) is 12.7. The molecular formula is C14H18BrFN2. The van der Waals surface area contributed by atoms with Crippen LogP contribution in [0.1, 0.15) is 25.7 Å². The van der Waals surface area contributed by atoms with Gasteiger partial charge in [0.05, 0.1) is 5.69 Å². The van der Waals surface area contributed by atoms with Crippen molar-refractivity contribution < 1.29 is 4.39 Å². The van der Waals surface area contributed by atoms with E-state index in [1.54, 1.807) is 12.1 Å². The summed E-state index contributed by atoms with van der Waals surface area (Å²) < 4.78 is 14.1. The van der Waals surface area contributed by atoms with Gasteiger partial charge in [0.25, 0.3) is 0 Å². The van der Waals surface area contributed by atoms with Gasteiger partial charge in [-0.25, -0.2) is 4.39 Å². The van der Waals surface area contributed by atoms with Crippen molar-refractivity contribution in [1.29, 1.82) is 0 Å². The highest BCUT2D eigenvalue weighted by atomic mass is 79.9. The molecule has 0 amide bonds. The van der Waals surface area contributed by atoms with Crippen LogP contribution in [0.5, 0.6) is 0 Å².